The van der Waals surface area contributed by atoms with Gasteiger partial charge in [0, 0.05) is 24.2 Å². The van der Waals surface area contributed by atoms with Gasteiger partial charge in [-0.2, -0.15) is 0 Å². The van der Waals surface area contributed by atoms with Gasteiger partial charge in [0.15, 0.2) is 11.5 Å². The molecule has 1 aromatic carbocycles. The van der Waals surface area contributed by atoms with Gasteiger partial charge in [-0.15, -0.1) is 0 Å². The minimum atomic E-state index is -0.0348. The highest BCUT2D eigenvalue weighted by molar-refractivity contribution is 5.64. The predicted octanol–water partition coefficient (Wildman–Crippen LogP) is 1.77. The van der Waals surface area contributed by atoms with Crippen LogP contribution in [0.4, 0.5) is 0 Å². The first-order chi connectivity index (χ1) is 10.2. The molecule has 0 aliphatic carbocycles. The van der Waals surface area contributed by atoms with E-state index in [1.54, 1.807) is 10.6 Å². The van der Waals surface area contributed by atoms with E-state index in [0.717, 1.165) is 22.8 Å². The van der Waals surface area contributed by atoms with Crippen molar-refractivity contribution in [1.82, 2.24) is 4.57 Å². The van der Waals surface area contributed by atoms with Gasteiger partial charge in [0.1, 0.15) is 13.2 Å². The Bertz CT molecular complexity index is 722. The Morgan fingerprint density at radius 3 is 2.62 bits per heavy atom. The van der Waals surface area contributed by atoms with Crippen LogP contribution in [0.1, 0.15) is 12.5 Å². The second-order valence-electron chi connectivity index (χ2n) is 4.86. The molecule has 0 amide bonds. The zero-order valence-corrected chi connectivity index (χ0v) is 12.0. The third kappa shape index (κ3) is 2.40. The summed E-state index contributed by atoms with van der Waals surface area (Å²) in [4.78, 5) is 12.3. The molecule has 0 radical (unpaired) electrons. The summed E-state index contributed by atoms with van der Waals surface area (Å²) in [6.45, 7) is 3.90. The number of hydrogen-bond donors (Lipinski definition) is 1. The lowest BCUT2D eigenvalue weighted by atomic mass is 10.1. The Kier molecular flexibility index (Phi) is 3.66. The standard InChI is InChI=1S/C16H18N2O3/c1-2-18-13(5-3-12(10-17)16(18)19)11-4-6-14-15(9-11)21-8-7-20-14/h3-6,9H,2,7-8,10,17H2,1H3. The Morgan fingerprint density at radius 1 is 1.14 bits per heavy atom. The van der Waals surface area contributed by atoms with E-state index in [1.807, 2.05) is 31.2 Å². The zero-order valence-electron chi connectivity index (χ0n) is 12.0. The molecular weight excluding hydrogens is 268 g/mol. The fraction of sp³-hybridized carbons (Fsp3) is 0.312. The van der Waals surface area contributed by atoms with Gasteiger partial charge < -0.3 is 19.8 Å². The van der Waals surface area contributed by atoms with Crippen LogP contribution in [0.15, 0.2) is 35.1 Å². The van der Waals surface area contributed by atoms with Crippen molar-refractivity contribution in [2.45, 2.75) is 20.0 Å². The number of fused-ring (bicyclic) bond motifs is 1. The first kappa shape index (κ1) is 13.7. The van der Waals surface area contributed by atoms with Crippen LogP contribution in [0, 0.1) is 0 Å². The molecule has 5 nitrogen and oxygen atoms in total. The second-order valence-corrected chi connectivity index (χ2v) is 4.86. The summed E-state index contributed by atoms with van der Waals surface area (Å²) >= 11 is 0. The molecule has 0 spiro atoms. The van der Waals surface area contributed by atoms with E-state index in [1.165, 1.54) is 0 Å². The Hall–Kier alpha value is -2.27. The molecule has 0 atom stereocenters. The zero-order chi connectivity index (χ0) is 14.8. The van der Waals surface area contributed by atoms with E-state index < -0.39 is 0 Å². The first-order valence-corrected chi connectivity index (χ1v) is 7.07. The third-order valence-corrected chi connectivity index (χ3v) is 3.63. The van der Waals surface area contributed by atoms with E-state index in [9.17, 15) is 4.79 Å². The average molecular weight is 286 g/mol. The maximum absolute atomic E-state index is 12.3. The van der Waals surface area contributed by atoms with Crippen molar-refractivity contribution in [3.05, 3.63) is 46.2 Å². The van der Waals surface area contributed by atoms with Crippen LogP contribution in [0.25, 0.3) is 11.3 Å². The smallest absolute Gasteiger partial charge is 0.255 e. The number of nitrogens with zero attached hydrogens (tertiary/aromatic N) is 1. The molecule has 2 N–H and O–H groups in total. The molecule has 3 rings (SSSR count). The van der Waals surface area contributed by atoms with Crippen LogP contribution in [0.5, 0.6) is 11.5 Å². The summed E-state index contributed by atoms with van der Waals surface area (Å²) in [6.07, 6.45) is 0. The van der Waals surface area contributed by atoms with E-state index in [4.69, 9.17) is 15.2 Å². The normalized spacial score (nSPS) is 13.2. The van der Waals surface area contributed by atoms with Gasteiger partial charge in [0.05, 0.1) is 5.69 Å². The first-order valence-electron chi connectivity index (χ1n) is 7.07. The lowest BCUT2D eigenvalue weighted by Crippen LogP contribution is -2.25. The number of aromatic nitrogens is 1. The number of hydrogen-bond acceptors (Lipinski definition) is 4. The number of ether oxygens (including phenoxy) is 2. The molecule has 1 aliphatic heterocycles. The van der Waals surface area contributed by atoms with Crippen LogP contribution in [-0.2, 0) is 13.1 Å². The molecule has 1 aromatic heterocycles. The molecule has 21 heavy (non-hydrogen) atoms. The van der Waals surface area contributed by atoms with E-state index >= 15 is 0 Å². The number of nitrogens with two attached hydrogens (primary N) is 1. The van der Waals surface area contributed by atoms with Crippen LogP contribution >= 0.6 is 0 Å². The highest BCUT2D eigenvalue weighted by atomic mass is 16.6. The quantitative estimate of drug-likeness (QED) is 0.933. The van der Waals surface area contributed by atoms with Gasteiger partial charge in [0.2, 0.25) is 0 Å². The van der Waals surface area contributed by atoms with Gasteiger partial charge in [-0.25, -0.2) is 0 Å². The van der Waals surface area contributed by atoms with Crippen molar-refractivity contribution in [3.63, 3.8) is 0 Å². The molecular formula is C16H18N2O3. The molecule has 2 aromatic rings. The summed E-state index contributed by atoms with van der Waals surface area (Å²) in [5, 5.41) is 0. The second kappa shape index (κ2) is 5.61. The molecule has 0 saturated carbocycles. The lowest BCUT2D eigenvalue weighted by Gasteiger charge is -2.20. The summed E-state index contributed by atoms with van der Waals surface area (Å²) in [7, 11) is 0. The summed E-state index contributed by atoms with van der Waals surface area (Å²) in [6, 6.07) is 9.46. The van der Waals surface area contributed by atoms with Crippen molar-refractivity contribution in [2.75, 3.05) is 13.2 Å². The highest BCUT2D eigenvalue weighted by Crippen LogP contribution is 2.34. The fourth-order valence-corrected chi connectivity index (χ4v) is 2.55. The highest BCUT2D eigenvalue weighted by Gasteiger charge is 2.14. The summed E-state index contributed by atoms with van der Waals surface area (Å²) in [5.41, 5.74) is 7.98. The van der Waals surface area contributed by atoms with E-state index in [0.29, 0.717) is 25.3 Å². The van der Waals surface area contributed by atoms with Crippen molar-refractivity contribution >= 4 is 0 Å². The SMILES string of the molecule is CCn1c(-c2ccc3c(c2)OCCO3)ccc(CN)c1=O. The molecule has 0 bridgehead atoms. The summed E-state index contributed by atoms with van der Waals surface area (Å²) in [5.74, 6) is 1.46. The maximum atomic E-state index is 12.3. The van der Waals surface area contributed by atoms with Gasteiger partial charge in [-0.1, -0.05) is 6.07 Å². The van der Waals surface area contributed by atoms with Crippen LogP contribution in [0.3, 0.4) is 0 Å². The number of rotatable bonds is 3. The number of pyridine rings is 1. The molecule has 0 unspecified atom stereocenters. The average Bonchev–Trinajstić information content (AvgIpc) is 2.54. The monoisotopic (exact) mass is 286 g/mol. The summed E-state index contributed by atoms with van der Waals surface area (Å²) < 4.78 is 12.9. The van der Waals surface area contributed by atoms with Crippen LogP contribution in [0.2, 0.25) is 0 Å². The molecule has 110 valence electrons. The van der Waals surface area contributed by atoms with Gasteiger partial charge in [0.25, 0.3) is 5.56 Å². The third-order valence-electron chi connectivity index (χ3n) is 3.63. The molecule has 5 heteroatoms. The Labute approximate surface area is 122 Å². The fourth-order valence-electron chi connectivity index (χ4n) is 2.55. The minimum absolute atomic E-state index is 0.0348. The number of benzene rings is 1. The molecule has 0 saturated heterocycles. The van der Waals surface area contributed by atoms with Crippen LogP contribution in [-0.4, -0.2) is 17.8 Å². The Morgan fingerprint density at radius 2 is 1.90 bits per heavy atom. The van der Waals surface area contributed by atoms with Gasteiger partial charge >= 0.3 is 0 Å². The van der Waals surface area contributed by atoms with Gasteiger partial charge in [-0.05, 0) is 31.2 Å². The minimum Gasteiger partial charge on any atom is -0.486 e. The largest absolute Gasteiger partial charge is 0.486 e. The van der Waals surface area contributed by atoms with Crippen molar-refractivity contribution in [3.8, 4) is 22.8 Å². The van der Waals surface area contributed by atoms with Crippen molar-refractivity contribution in [1.29, 1.82) is 0 Å². The molecule has 2 heterocycles. The maximum Gasteiger partial charge on any atom is 0.255 e. The van der Waals surface area contributed by atoms with Gasteiger partial charge in [-0.3, -0.25) is 4.79 Å². The van der Waals surface area contributed by atoms with Crippen molar-refractivity contribution in [2.24, 2.45) is 5.73 Å². The Balaban J connectivity index is 2.12. The van der Waals surface area contributed by atoms with Crippen LogP contribution < -0.4 is 20.8 Å². The molecule has 0 fully saturated rings. The molecule has 1 aliphatic rings. The predicted molar refractivity (Wildman–Crippen MR) is 80.7 cm³/mol. The van der Waals surface area contributed by atoms with E-state index in [2.05, 4.69) is 0 Å². The van der Waals surface area contributed by atoms with E-state index in [-0.39, 0.29) is 12.1 Å². The lowest BCUT2D eigenvalue weighted by molar-refractivity contribution is 0.171. The van der Waals surface area contributed by atoms with Crippen molar-refractivity contribution < 1.29 is 9.47 Å². The topological polar surface area (TPSA) is 66.5 Å².